The molecule has 0 spiro atoms. The quantitative estimate of drug-likeness (QED) is 0.659. The van der Waals surface area contributed by atoms with E-state index in [9.17, 15) is 5.11 Å². The number of anilines is 1. The summed E-state index contributed by atoms with van der Waals surface area (Å²) in [5.74, 6) is 0.375. The third-order valence-corrected chi connectivity index (χ3v) is 2.14. The standard InChI is InChI=1S/C10H15NO/c1-3-7-5-6-9(11)8(4-2)10(7)12/h5-6,12H,3-4,11H2,1-2H3. The molecule has 0 aliphatic carbocycles. The van der Waals surface area contributed by atoms with Gasteiger partial charge in [-0.05, 0) is 24.5 Å². The molecule has 3 N–H and O–H groups in total. The van der Waals surface area contributed by atoms with Crippen LogP contribution in [0.15, 0.2) is 12.1 Å². The number of phenolic OH excluding ortho intramolecular Hbond substituents is 1. The van der Waals surface area contributed by atoms with Crippen LogP contribution in [0.3, 0.4) is 0 Å². The van der Waals surface area contributed by atoms with Crippen molar-refractivity contribution >= 4 is 5.69 Å². The number of hydrogen-bond acceptors (Lipinski definition) is 2. The third kappa shape index (κ3) is 1.37. The molecule has 0 fully saturated rings. The van der Waals surface area contributed by atoms with Gasteiger partial charge in [-0.15, -0.1) is 0 Å². The fourth-order valence-corrected chi connectivity index (χ4v) is 1.36. The maximum atomic E-state index is 9.69. The molecule has 0 aliphatic heterocycles. The number of benzene rings is 1. The lowest BCUT2D eigenvalue weighted by Crippen LogP contribution is -1.95. The molecule has 12 heavy (non-hydrogen) atoms. The van der Waals surface area contributed by atoms with Gasteiger partial charge >= 0.3 is 0 Å². The Morgan fingerprint density at radius 2 is 1.92 bits per heavy atom. The van der Waals surface area contributed by atoms with E-state index in [1.807, 2.05) is 26.0 Å². The predicted molar refractivity (Wildman–Crippen MR) is 51.3 cm³/mol. The van der Waals surface area contributed by atoms with Gasteiger partial charge in [0, 0.05) is 11.3 Å². The van der Waals surface area contributed by atoms with Gasteiger partial charge in [-0.1, -0.05) is 19.9 Å². The van der Waals surface area contributed by atoms with Gasteiger partial charge in [-0.25, -0.2) is 0 Å². The number of aromatic hydroxyl groups is 1. The molecule has 66 valence electrons. The molecule has 0 saturated heterocycles. The van der Waals surface area contributed by atoms with E-state index in [0.29, 0.717) is 11.4 Å². The van der Waals surface area contributed by atoms with Gasteiger partial charge < -0.3 is 10.8 Å². The first-order valence-electron chi connectivity index (χ1n) is 4.29. The Balaban J connectivity index is 3.24. The Morgan fingerprint density at radius 1 is 1.25 bits per heavy atom. The van der Waals surface area contributed by atoms with Crippen LogP contribution in [0, 0.1) is 0 Å². The summed E-state index contributed by atoms with van der Waals surface area (Å²) in [6, 6.07) is 3.74. The van der Waals surface area contributed by atoms with E-state index >= 15 is 0 Å². The van der Waals surface area contributed by atoms with Crippen LogP contribution in [0.2, 0.25) is 0 Å². The van der Waals surface area contributed by atoms with Crippen LogP contribution in [0.4, 0.5) is 5.69 Å². The van der Waals surface area contributed by atoms with E-state index < -0.39 is 0 Å². The minimum absolute atomic E-state index is 0.375. The van der Waals surface area contributed by atoms with Crippen LogP contribution < -0.4 is 5.73 Å². The Kier molecular flexibility index (Phi) is 2.58. The van der Waals surface area contributed by atoms with Crippen LogP contribution in [0.5, 0.6) is 5.75 Å². The molecule has 0 unspecified atom stereocenters. The van der Waals surface area contributed by atoms with Gasteiger partial charge in [-0.3, -0.25) is 0 Å². The molecule has 0 bridgehead atoms. The van der Waals surface area contributed by atoms with E-state index in [0.717, 1.165) is 24.0 Å². The van der Waals surface area contributed by atoms with Crippen molar-refractivity contribution in [2.45, 2.75) is 26.7 Å². The monoisotopic (exact) mass is 165 g/mol. The Labute approximate surface area is 73.0 Å². The van der Waals surface area contributed by atoms with E-state index in [-0.39, 0.29) is 0 Å². The fourth-order valence-electron chi connectivity index (χ4n) is 1.36. The second kappa shape index (κ2) is 3.48. The van der Waals surface area contributed by atoms with Crippen molar-refractivity contribution in [2.75, 3.05) is 5.73 Å². The van der Waals surface area contributed by atoms with Crippen molar-refractivity contribution in [3.8, 4) is 5.75 Å². The van der Waals surface area contributed by atoms with Gasteiger partial charge in [0.25, 0.3) is 0 Å². The summed E-state index contributed by atoms with van der Waals surface area (Å²) in [6.07, 6.45) is 1.63. The summed E-state index contributed by atoms with van der Waals surface area (Å²) in [7, 11) is 0. The van der Waals surface area contributed by atoms with E-state index in [2.05, 4.69) is 0 Å². The Morgan fingerprint density at radius 3 is 2.42 bits per heavy atom. The minimum Gasteiger partial charge on any atom is -0.507 e. The van der Waals surface area contributed by atoms with Crippen molar-refractivity contribution in [3.63, 3.8) is 0 Å². The van der Waals surface area contributed by atoms with Gasteiger partial charge in [0.15, 0.2) is 0 Å². The highest BCUT2D eigenvalue weighted by Crippen LogP contribution is 2.28. The molecule has 1 aromatic rings. The maximum Gasteiger partial charge on any atom is 0.123 e. The average molecular weight is 165 g/mol. The number of nitrogen functional groups attached to an aromatic ring is 1. The van der Waals surface area contributed by atoms with Crippen molar-refractivity contribution in [1.29, 1.82) is 0 Å². The summed E-state index contributed by atoms with van der Waals surface area (Å²) >= 11 is 0. The lowest BCUT2D eigenvalue weighted by molar-refractivity contribution is 0.463. The van der Waals surface area contributed by atoms with Crippen LogP contribution in [0.1, 0.15) is 25.0 Å². The first-order valence-corrected chi connectivity index (χ1v) is 4.29. The van der Waals surface area contributed by atoms with E-state index in [1.165, 1.54) is 0 Å². The van der Waals surface area contributed by atoms with Crippen LogP contribution in [-0.2, 0) is 12.8 Å². The van der Waals surface area contributed by atoms with Crippen molar-refractivity contribution in [1.82, 2.24) is 0 Å². The Bertz CT molecular complexity index is 281. The van der Waals surface area contributed by atoms with E-state index in [4.69, 9.17) is 5.73 Å². The lowest BCUT2D eigenvalue weighted by Gasteiger charge is -2.09. The molecule has 2 heteroatoms. The lowest BCUT2D eigenvalue weighted by atomic mass is 10.0. The molecule has 2 nitrogen and oxygen atoms in total. The molecule has 1 rings (SSSR count). The van der Waals surface area contributed by atoms with Crippen molar-refractivity contribution in [2.24, 2.45) is 0 Å². The second-order valence-electron chi connectivity index (χ2n) is 2.85. The zero-order valence-electron chi connectivity index (χ0n) is 7.59. The zero-order chi connectivity index (χ0) is 9.14. The van der Waals surface area contributed by atoms with Crippen molar-refractivity contribution < 1.29 is 5.11 Å². The van der Waals surface area contributed by atoms with Crippen molar-refractivity contribution in [3.05, 3.63) is 23.3 Å². The average Bonchev–Trinajstić information content (AvgIpc) is 2.06. The molecular formula is C10H15NO. The summed E-state index contributed by atoms with van der Waals surface area (Å²) < 4.78 is 0. The molecule has 0 amide bonds. The molecule has 0 radical (unpaired) electrons. The summed E-state index contributed by atoms with van der Waals surface area (Å²) in [5.41, 5.74) is 8.23. The number of phenols is 1. The van der Waals surface area contributed by atoms with Crippen LogP contribution in [-0.4, -0.2) is 5.11 Å². The Hall–Kier alpha value is -1.18. The third-order valence-electron chi connectivity index (χ3n) is 2.14. The number of aryl methyl sites for hydroxylation is 1. The normalized spacial score (nSPS) is 10.2. The van der Waals surface area contributed by atoms with E-state index in [1.54, 1.807) is 0 Å². The summed E-state index contributed by atoms with van der Waals surface area (Å²) in [4.78, 5) is 0. The summed E-state index contributed by atoms with van der Waals surface area (Å²) in [6.45, 7) is 4.01. The molecular weight excluding hydrogens is 150 g/mol. The number of rotatable bonds is 2. The smallest absolute Gasteiger partial charge is 0.123 e. The highest BCUT2D eigenvalue weighted by molar-refractivity contribution is 5.57. The highest BCUT2D eigenvalue weighted by Gasteiger charge is 2.06. The molecule has 0 heterocycles. The zero-order valence-corrected chi connectivity index (χ0v) is 7.59. The van der Waals surface area contributed by atoms with Crippen LogP contribution >= 0.6 is 0 Å². The van der Waals surface area contributed by atoms with Gasteiger partial charge in [0.2, 0.25) is 0 Å². The van der Waals surface area contributed by atoms with Crippen LogP contribution in [0.25, 0.3) is 0 Å². The molecule has 0 aromatic heterocycles. The van der Waals surface area contributed by atoms with Gasteiger partial charge in [0.1, 0.15) is 5.75 Å². The first kappa shape index (κ1) is 8.91. The number of hydrogen-bond donors (Lipinski definition) is 2. The predicted octanol–water partition coefficient (Wildman–Crippen LogP) is 2.10. The largest absolute Gasteiger partial charge is 0.507 e. The molecule has 0 atom stereocenters. The number of nitrogens with two attached hydrogens (primary N) is 1. The topological polar surface area (TPSA) is 46.2 Å². The summed E-state index contributed by atoms with van der Waals surface area (Å²) in [5, 5.41) is 9.69. The second-order valence-corrected chi connectivity index (χ2v) is 2.85. The van der Waals surface area contributed by atoms with Gasteiger partial charge in [0.05, 0.1) is 0 Å². The molecule has 0 aliphatic rings. The first-order chi connectivity index (χ1) is 5.70. The maximum absolute atomic E-state index is 9.69. The van der Waals surface area contributed by atoms with Gasteiger partial charge in [-0.2, -0.15) is 0 Å². The SMILES string of the molecule is CCc1ccc(N)c(CC)c1O. The molecule has 1 aromatic carbocycles. The minimum atomic E-state index is 0.375. The fraction of sp³-hybridized carbons (Fsp3) is 0.400. The highest BCUT2D eigenvalue weighted by atomic mass is 16.3. The molecule has 0 saturated carbocycles.